The first kappa shape index (κ1) is 42.7. The van der Waals surface area contributed by atoms with E-state index in [1.54, 1.807) is 63.2 Å². The van der Waals surface area contributed by atoms with Crippen molar-refractivity contribution in [2.24, 2.45) is 11.7 Å². The van der Waals surface area contributed by atoms with Crippen molar-refractivity contribution in [1.82, 2.24) is 20.4 Å². The van der Waals surface area contributed by atoms with Gasteiger partial charge in [0.05, 0.1) is 6.10 Å². The van der Waals surface area contributed by atoms with Crippen molar-refractivity contribution in [1.29, 1.82) is 0 Å². The minimum absolute atomic E-state index is 0.0156. The van der Waals surface area contributed by atoms with E-state index < -0.39 is 59.6 Å². The van der Waals surface area contributed by atoms with Gasteiger partial charge in [-0.05, 0) is 76.5 Å². The number of likely N-dealkylation sites (tertiary alicyclic amines) is 1. The molecule has 0 saturated carbocycles. The second-order valence-corrected chi connectivity index (χ2v) is 14.5. The van der Waals surface area contributed by atoms with Crippen LogP contribution in [-0.4, -0.2) is 99.3 Å². The number of nitrogens with one attached hydrogen (secondary N) is 2. The highest BCUT2D eigenvalue weighted by molar-refractivity contribution is 5.96. The molecule has 4 atom stereocenters. The molecule has 15 heteroatoms. The van der Waals surface area contributed by atoms with Gasteiger partial charge in [0.25, 0.3) is 0 Å². The van der Waals surface area contributed by atoms with Crippen LogP contribution in [-0.2, 0) is 37.0 Å². The molecule has 53 heavy (non-hydrogen) atoms. The second kappa shape index (κ2) is 19.9. The van der Waals surface area contributed by atoms with Crippen LogP contribution in [0.4, 0.5) is 14.4 Å². The SMILES string of the molecule is CC(C)C[C@H](NC(=O)OCc1ccccc1)C(=O)N1CCC(N[C@@](CCCCN)(C(=O)O)N(C(=O)OCc2ccccc2)C(=O)OC(C)(C)C)C(O)C1. The molecular formula is C38H55N5O10. The van der Waals surface area contributed by atoms with E-state index in [9.17, 15) is 34.2 Å². The summed E-state index contributed by atoms with van der Waals surface area (Å²) in [6.45, 7) is 8.33. The Morgan fingerprint density at radius 2 is 1.51 bits per heavy atom. The van der Waals surface area contributed by atoms with Crippen LogP contribution < -0.4 is 16.4 Å². The summed E-state index contributed by atoms with van der Waals surface area (Å²) in [5.41, 5.74) is 3.56. The van der Waals surface area contributed by atoms with Gasteiger partial charge in [-0.15, -0.1) is 0 Å². The van der Waals surface area contributed by atoms with Gasteiger partial charge in [0.2, 0.25) is 11.6 Å². The number of amides is 4. The number of aliphatic carboxylic acids is 1. The van der Waals surface area contributed by atoms with E-state index in [0.717, 1.165) is 5.56 Å². The summed E-state index contributed by atoms with van der Waals surface area (Å²) in [5.74, 6) is -2.01. The zero-order valence-electron chi connectivity index (χ0n) is 31.3. The van der Waals surface area contributed by atoms with E-state index in [1.165, 1.54) is 4.90 Å². The zero-order chi connectivity index (χ0) is 39.2. The smallest absolute Gasteiger partial charge is 0.421 e. The Morgan fingerprint density at radius 1 is 0.925 bits per heavy atom. The van der Waals surface area contributed by atoms with Gasteiger partial charge in [0, 0.05) is 19.1 Å². The number of unbranched alkanes of at least 4 members (excludes halogenated alkanes) is 1. The number of carbonyl (C=O) groups is 5. The van der Waals surface area contributed by atoms with Crippen LogP contribution in [0.15, 0.2) is 60.7 Å². The number of carbonyl (C=O) groups excluding carboxylic acids is 4. The average molecular weight is 742 g/mol. The van der Waals surface area contributed by atoms with Gasteiger partial charge in [-0.25, -0.2) is 19.2 Å². The predicted octanol–water partition coefficient (Wildman–Crippen LogP) is 4.36. The Balaban J connectivity index is 1.85. The normalized spacial score (nSPS) is 17.6. The maximum Gasteiger partial charge on any atom is 0.421 e. The number of ether oxygens (including phenoxy) is 3. The Kier molecular flexibility index (Phi) is 16.0. The number of alkyl carbamates (subject to hydrolysis) is 1. The lowest BCUT2D eigenvalue weighted by atomic mass is 9.93. The highest BCUT2D eigenvalue weighted by Crippen LogP contribution is 2.28. The molecule has 1 aliphatic rings. The van der Waals surface area contributed by atoms with Crippen molar-refractivity contribution in [3.63, 3.8) is 0 Å². The third-order valence-electron chi connectivity index (χ3n) is 8.52. The molecule has 1 heterocycles. The molecule has 0 radical (unpaired) electrons. The first-order valence-electron chi connectivity index (χ1n) is 18.0. The summed E-state index contributed by atoms with van der Waals surface area (Å²) in [7, 11) is 0. The number of hydrogen-bond acceptors (Lipinski definition) is 11. The van der Waals surface area contributed by atoms with Gasteiger partial charge in [0.1, 0.15) is 24.9 Å². The van der Waals surface area contributed by atoms with Crippen LogP contribution in [0.3, 0.4) is 0 Å². The largest absolute Gasteiger partial charge is 0.478 e. The van der Waals surface area contributed by atoms with Crippen molar-refractivity contribution >= 4 is 30.2 Å². The molecule has 6 N–H and O–H groups in total. The third kappa shape index (κ3) is 13.0. The number of imide groups is 1. The summed E-state index contributed by atoms with van der Waals surface area (Å²) >= 11 is 0. The number of hydrogen-bond donors (Lipinski definition) is 5. The van der Waals surface area contributed by atoms with Crippen molar-refractivity contribution < 1.29 is 48.4 Å². The van der Waals surface area contributed by atoms with E-state index in [2.05, 4.69) is 10.6 Å². The van der Waals surface area contributed by atoms with E-state index in [0.29, 0.717) is 23.3 Å². The fraction of sp³-hybridized carbons (Fsp3) is 0.553. The van der Waals surface area contributed by atoms with Gasteiger partial charge in [-0.1, -0.05) is 74.5 Å². The van der Waals surface area contributed by atoms with Gasteiger partial charge in [-0.3, -0.25) is 10.1 Å². The van der Waals surface area contributed by atoms with Crippen molar-refractivity contribution in [2.75, 3.05) is 19.6 Å². The maximum absolute atomic E-state index is 13.8. The molecule has 1 fully saturated rings. The van der Waals surface area contributed by atoms with Gasteiger partial charge >= 0.3 is 24.2 Å². The quantitative estimate of drug-likeness (QED) is 0.0923. The number of aliphatic hydroxyl groups excluding tert-OH is 1. The number of piperidine rings is 1. The maximum atomic E-state index is 13.8. The number of carboxylic acid groups (broad SMARTS) is 1. The van der Waals surface area contributed by atoms with E-state index in [-0.39, 0.29) is 58.0 Å². The highest BCUT2D eigenvalue weighted by atomic mass is 16.6. The molecular weight excluding hydrogens is 686 g/mol. The topological polar surface area (TPSA) is 210 Å². The molecule has 1 saturated heterocycles. The molecule has 1 aliphatic heterocycles. The average Bonchev–Trinajstić information content (AvgIpc) is 3.10. The third-order valence-corrected chi connectivity index (χ3v) is 8.52. The monoisotopic (exact) mass is 741 g/mol. The Hall–Kier alpha value is -4.73. The molecule has 0 aliphatic carbocycles. The van der Waals surface area contributed by atoms with Gasteiger partial charge in [-0.2, -0.15) is 4.90 Å². The number of nitrogens with two attached hydrogens (primary N) is 1. The number of benzene rings is 2. The minimum atomic E-state index is -2.44. The van der Waals surface area contributed by atoms with Crippen LogP contribution in [0.2, 0.25) is 0 Å². The zero-order valence-corrected chi connectivity index (χ0v) is 31.3. The molecule has 2 unspecified atom stereocenters. The Morgan fingerprint density at radius 3 is 2.02 bits per heavy atom. The van der Waals surface area contributed by atoms with Crippen molar-refractivity contribution in [2.45, 2.75) is 109 Å². The lowest BCUT2D eigenvalue weighted by Crippen LogP contribution is -2.72. The van der Waals surface area contributed by atoms with E-state index >= 15 is 0 Å². The number of carboxylic acids is 1. The first-order valence-corrected chi connectivity index (χ1v) is 18.0. The summed E-state index contributed by atoms with van der Waals surface area (Å²) < 4.78 is 16.4. The summed E-state index contributed by atoms with van der Waals surface area (Å²) in [6.07, 6.45) is -4.06. The lowest BCUT2D eigenvalue weighted by Gasteiger charge is -2.45. The predicted molar refractivity (Wildman–Crippen MR) is 195 cm³/mol. The molecule has 2 aromatic carbocycles. The van der Waals surface area contributed by atoms with Crippen LogP contribution in [0.25, 0.3) is 0 Å². The first-order chi connectivity index (χ1) is 25.1. The van der Waals surface area contributed by atoms with Crippen LogP contribution >= 0.6 is 0 Å². The number of aliphatic hydroxyl groups is 1. The molecule has 0 bridgehead atoms. The van der Waals surface area contributed by atoms with E-state index in [1.807, 2.05) is 32.0 Å². The number of rotatable bonds is 16. The second-order valence-electron chi connectivity index (χ2n) is 14.5. The van der Waals surface area contributed by atoms with Gasteiger partial charge < -0.3 is 40.4 Å². The highest BCUT2D eigenvalue weighted by Gasteiger charge is 2.54. The minimum Gasteiger partial charge on any atom is -0.478 e. The van der Waals surface area contributed by atoms with Crippen molar-refractivity contribution in [3.05, 3.63) is 71.8 Å². The van der Waals surface area contributed by atoms with Gasteiger partial charge in [0.15, 0.2) is 0 Å². The molecule has 15 nitrogen and oxygen atoms in total. The molecule has 0 aromatic heterocycles. The van der Waals surface area contributed by atoms with Crippen LogP contribution in [0.1, 0.15) is 77.8 Å². The number of β-amino-alcohol motifs (C(OH)–C–C–N with tert-alkyl or cyclic N) is 1. The fourth-order valence-electron chi connectivity index (χ4n) is 5.94. The van der Waals surface area contributed by atoms with Crippen LogP contribution in [0, 0.1) is 5.92 Å². The summed E-state index contributed by atoms with van der Waals surface area (Å²) in [5, 5.41) is 27.8. The van der Waals surface area contributed by atoms with Crippen LogP contribution in [0.5, 0.6) is 0 Å². The Bertz CT molecular complexity index is 1500. The van der Waals surface area contributed by atoms with Crippen molar-refractivity contribution in [3.8, 4) is 0 Å². The molecule has 2 aromatic rings. The standard InChI is InChI=1S/C38H55N5O10/c1-26(2)22-30(40-34(48)51-24-27-14-8-6-9-15-27)32(45)42-21-18-29(31(44)23-42)41-38(33(46)47,19-12-13-20-39)43(36(50)53-37(3,4)5)35(49)52-25-28-16-10-7-11-17-28/h6-11,14-17,26,29-31,41,44H,12-13,18-25,39H2,1-5H3,(H,40,48)(H,46,47)/t29?,30-,31?,38+/m0/s1. The molecule has 4 amide bonds. The Labute approximate surface area is 311 Å². The number of nitrogens with zero attached hydrogens (tertiary/aromatic N) is 2. The molecule has 3 rings (SSSR count). The summed E-state index contributed by atoms with van der Waals surface area (Å²) in [6, 6.07) is 15.8. The lowest BCUT2D eigenvalue weighted by molar-refractivity contribution is -0.156. The summed E-state index contributed by atoms with van der Waals surface area (Å²) in [4.78, 5) is 69.2. The van der Waals surface area contributed by atoms with E-state index in [4.69, 9.17) is 19.9 Å². The molecule has 0 spiro atoms. The fourth-order valence-corrected chi connectivity index (χ4v) is 5.94. The molecule has 292 valence electrons.